The maximum atomic E-state index is 5.36. The van der Waals surface area contributed by atoms with E-state index in [9.17, 15) is 0 Å². The molecule has 0 spiro atoms. The molecule has 0 bridgehead atoms. The summed E-state index contributed by atoms with van der Waals surface area (Å²) in [6.07, 6.45) is 10.1. The van der Waals surface area contributed by atoms with Gasteiger partial charge >= 0.3 is 0 Å². The molecule has 2 aliphatic heterocycles. The van der Waals surface area contributed by atoms with Crippen molar-refractivity contribution in [3.8, 4) is 0 Å². The SMILES string of the molecule is CN=C(NCCC1=CCOCC1)N1CC2CCCCC2C1. The Labute approximate surface area is 128 Å². The molecule has 3 rings (SSSR count). The van der Waals surface area contributed by atoms with Crippen LogP contribution in [-0.2, 0) is 4.74 Å². The van der Waals surface area contributed by atoms with Crippen molar-refractivity contribution in [3.05, 3.63) is 11.6 Å². The second kappa shape index (κ2) is 7.30. The Morgan fingerprint density at radius 2 is 2.10 bits per heavy atom. The smallest absolute Gasteiger partial charge is 0.193 e. The molecule has 3 aliphatic rings. The molecular formula is C17H29N3O. The van der Waals surface area contributed by atoms with E-state index in [0.717, 1.165) is 50.4 Å². The summed E-state index contributed by atoms with van der Waals surface area (Å²) in [5.74, 6) is 2.93. The van der Waals surface area contributed by atoms with E-state index in [1.165, 1.54) is 44.3 Å². The molecule has 0 aromatic carbocycles. The van der Waals surface area contributed by atoms with Crippen LogP contribution in [0.4, 0.5) is 0 Å². The Balaban J connectivity index is 1.46. The molecule has 0 amide bonds. The van der Waals surface area contributed by atoms with Gasteiger partial charge in [-0.2, -0.15) is 0 Å². The summed E-state index contributed by atoms with van der Waals surface area (Å²) in [5, 5.41) is 3.56. The first-order chi connectivity index (χ1) is 10.4. The lowest BCUT2D eigenvalue weighted by molar-refractivity contribution is 0.153. The zero-order valence-corrected chi connectivity index (χ0v) is 13.3. The van der Waals surface area contributed by atoms with Gasteiger partial charge in [0.2, 0.25) is 0 Å². The fraction of sp³-hybridized carbons (Fsp3) is 0.824. The van der Waals surface area contributed by atoms with E-state index in [2.05, 4.69) is 21.3 Å². The number of aliphatic imine (C=N–C) groups is 1. The topological polar surface area (TPSA) is 36.9 Å². The Bertz CT molecular complexity index is 391. The van der Waals surface area contributed by atoms with Crippen molar-refractivity contribution in [3.63, 3.8) is 0 Å². The van der Waals surface area contributed by atoms with Gasteiger partial charge in [-0.25, -0.2) is 0 Å². The number of guanidine groups is 1. The van der Waals surface area contributed by atoms with Crippen LogP contribution in [0.1, 0.15) is 38.5 Å². The van der Waals surface area contributed by atoms with E-state index < -0.39 is 0 Å². The third kappa shape index (κ3) is 3.79. The second-order valence-corrected chi connectivity index (χ2v) is 6.62. The van der Waals surface area contributed by atoms with Crippen LogP contribution in [0.3, 0.4) is 0 Å². The van der Waals surface area contributed by atoms with E-state index in [1.54, 1.807) is 0 Å². The Hall–Kier alpha value is -1.03. The van der Waals surface area contributed by atoms with Crippen molar-refractivity contribution in [1.29, 1.82) is 0 Å². The molecule has 2 unspecified atom stereocenters. The Morgan fingerprint density at radius 1 is 1.33 bits per heavy atom. The average Bonchev–Trinajstić information content (AvgIpc) is 2.96. The zero-order valence-electron chi connectivity index (χ0n) is 13.3. The number of hydrogen-bond donors (Lipinski definition) is 1. The lowest BCUT2D eigenvalue weighted by atomic mass is 9.82. The molecule has 4 heteroatoms. The number of ether oxygens (including phenoxy) is 1. The second-order valence-electron chi connectivity index (χ2n) is 6.62. The highest BCUT2D eigenvalue weighted by Crippen LogP contribution is 2.35. The highest BCUT2D eigenvalue weighted by Gasteiger charge is 2.35. The number of nitrogens with one attached hydrogen (secondary N) is 1. The summed E-state index contributed by atoms with van der Waals surface area (Å²) in [5.41, 5.74) is 1.53. The maximum absolute atomic E-state index is 5.36. The van der Waals surface area contributed by atoms with E-state index in [1.807, 2.05) is 7.05 Å². The fourth-order valence-corrected chi connectivity index (χ4v) is 4.04. The normalized spacial score (nSPS) is 30.0. The van der Waals surface area contributed by atoms with Crippen LogP contribution in [0.25, 0.3) is 0 Å². The van der Waals surface area contributed by atoms with Gasteiger partial charge in [0.1, 0.15) is 0 Å². The van der Waals surface area contributed by atoms with E-state index >= 15 is 0 Å². The molecule has 2 fully saturated rings. The standard InChI is InChI=1S/C17H29N3O/c1-18-17(19-9-6-14-7-10-21-11-8-14)20-12-15-4-2-3-5-16(15)13-20/h7,15-16H,2-6,8-13H2,1H3,(H,18,19). The molecule has 0 aromatic rings. The van der Waals surface area contributed by atoms with Crippen LogP contribution in [0.15, 0.2) is 16.6 Å². The molecular weight excluding hydrogens is 262 g/mol. The minimum absolute atomic E-state index is 0.791. The third-order valence-electron chi connectivity index (χ3n) is 5.27. The average molecular weight is 291 g/mol. The monoisotopic (exact) mass is 291 g/mol. The third-order valence-corrected chi connectivity index (χ3v) is 5.27. The molecule has 0 aromatic heterocycles. The zero-order chi connectivity index (χ0) is 14.5. The molecule has 2 heterocycles. The number of fused-ring (bicyclic) bond motifs is 1. The molecule has 1 saturated carbocycles. The lowest BCUT2D eigenvalue weighted by Gasteiger charge is -2.22. The van der Waals surface area contributed by atoms with Gasteiger partial charge in [0.15, 0.2) is 5.96 Å². The molecule has 1 aliphatic carbocycles. The van der Waals surface area contributed by atoms with Gasteiger partial charge in [-0.1, -0.05) is 24.5 Å². The van der Waals surface area contributed by atoms with Crippen molar-refractivity contribution in [2.24, 2.45) is 16.8 Å². The number of nitrogens with zero attached hydrogens (tertiary/aromatic N) is 2. The molecule has 118 valence electrons. The van der Waals surface area contributed by atoms with Crippen LogP contribution in [0, 0.1) is 11.8 Å². The van der Waals surface area contributed by atoms with Gasteiger partial charge in [0, 0.05) is 26.7 Å². The van der Waals surface area contributed by atoms with Crippen molar-refractivity contribution in [2.45, 2.75) is 38.5 Å². The largest absolute Gasteiger partial charge is 0.377 e. The first kappa shape index (κ1) is 14.9. The highest BCUT2D eigenvalue weighted by molar-refractivity contribution is 5.80. The van der Waals surface area contributed by atoms with Gasteiger partial charge < -0.3 is 15.0 Å². The summed E-state index contributed by atoms with van der Waals surface area (Å²) in [6.45, 7) is 5.08. The van der Waals surface area contributed by atoms with Crippen LogP contribution < -0.4 is 5.32 Å². The van der Waals surface area contributed by atoms with Crippen LogP contribution >= 0.6 is 0 Å². The number of likely N-dealkylation sites (tertiary alicyclic amines) is 1. The first-order valence-corrected chi connectivity index (χ1v) is 8.58. The van der Waals surface area contributed by atoms with Crippen LogP contribution in [-0.4, -0.2) is 50.8 Å². The predicted molar refractivity (Wildman–Crippen MR) is 86.5 cm³/mol. The van der Waals surface area contributed by atoms with E-state index in [4.69, 9.17) is 4.74 Å². The minimum Gasteiger partial charge on any atom is -0.377 e. The van der Waals surface area contributed by atoms with Crippen molar-refractivity contribution in [2.75, 3.05) is 39.9 Å². The minimum atomic E-state index is 0.791. The quantitative estimate of drug-likeness (QED) is 0.493. The summed E-state index contributed by atoms with van der Waals surface area (Å²) >= 11 is 0. The Kier molecular flexibility index (Phi) is 5.17. The molecule has 2 atom stereocenters. The van der Waals surface area contributed by atoms with Crippen LogP contribution in [0.2, 0.25) is 0 Å². The van der Waals surface area contributed by atoms with Gasteiger partial charge in [-0.05, 0) is 37.5 Å². The summed E-state index contributed by atoms with van der Waals surface area (Å²) in [4.78, 5) is 6.98. The fourth-order valence-electron chi connectivity index (χ4n) is 4.04. The van der Waals surface area contributed by atoms with Crippen molar-refractivity contribution < 1.29 is 4.74 Å². The molecule has 1 saturated heterocycles. The highest BCUT2D eigenvalue weighted by atomic mass is 16.5. The molecule has 4 nitrogen and oxygen atoms in total. The van der Waals surface area contributed by atoms with Crippen LogP contribution in [0.5, 0.6) is 0 Å². The first-order valence-electron chi connectivity index (χ1n) is 8.58. The summed E-state index contributed by atoms with van der Waals surface area (Å²) < 4.78 is 5.36. The van der Waals surface area contributed by atoms with Gasteiger partial charge in [0.05, 0.1) is 13.2 Å². The van der Waals surface area contributed by atoms with Gasteiger partial charge in [-0.3, -0.25) is 4.99 Å². The number of rotatable bonds is 3. The lowest BCUT2D eigenvalue weighted by Crippen LogP contribution is -2.40. The summed E-state index contributed by atoms with van der Waals surface area (Å²) in [7, 11) is 1.91. The van der Waals surface area contributed by atoms with Gasteiger partial charge in [0.25, 0.3) is 0 Å². The van der Waals surface area contributed by atoms with Gasteiger partial charge in [-0.15, -0.1) is 0 Å². The van der Waals surface area contributed by atoms with Crippen molar-refractivity contribution in [1.82, 2.24) is 10.2 Å². The maximum Gasteiger partial charge on any atom is 0.193 e. The predicted octanol–water partition coefficient (Wildman–Crippen LogP) is 2.42. The van der Waals surface area contributed by atoms with Crippen molar-refractivity contribution >= 4 is 5.96 Å². The molecule has 21 heavy (non-hydrogen) atoms. The molecule has 0 radical (unpaired) electrons. The summed E-state index contributed by atoms with van der Waals surface area (Å²) in [6, 6.07) is 0. The molecule has 1 N–H and O–H groups in total. The Morgan fingerprint density at radius 3 is 2.71 bits per heavy atom. The van der Waals surface area contributed by atoms with E-state index in [0.29, 0.717) is 0 Å². The number of hydrogen-bond acceptors (Lipinski definition) is 2. The van der Waals surface area contributed by atoms with E-state index in [-0.39, 0.29) is 0 Å².